The molecule has 5 atom stereocenters. The summed E-state index contributed by atoms with van der Waals surface area (Å²) in [6.45, 7) is 5.35. The monoisotopic (exact) mass is 612 g/mol. The van der Waals surface area contributed by atoms with Gasteiger partial charge in [-0.05, 0) is 124 Å². The molecule has 42 heavy (non-hydrogen) atoms. The second-order valence-corrected chi connectivity index (χ2v) is 15.7. The van der Waals surface area contributed by atoms with Crippen LogP contribution in [-0.2, 0) is 27.8 Å². The number of fused-ring (bicyclic) bond motifs is 4. The maximum Gasteiger partial charge on any atom is 0.264 e. The largest absolute Gasteiger partial charge is 0.487 e. The number of aryl methyl sites for hydroxylation is 1. The Labute approximate surface area is 254 Å². The van der Waals surface area contributed by atoms with Crippen molar-refractivity contribution in [1.29, 1.82) is 0 Å². The first-order chi connectivity index (χ1) is 20.1. The molecule has 2 heterocycles. The molecule has 2 bridgehead atoms. The topological polar surface area (TPSA) is 92.8 Å². The fourth-order valence-corrected chi connectivity index (χ4v) is 9.25. The molecule has 0 unspecified atom stereocenters. The molecule has 2 aromatic carbocycles. The Kier molecular flexibility index (Phi) is 8.07. The van der Waals surface area contributed by atoms with Crippen LogP contribution >= 0.6 is 11.6 Å². The van der Waals surface area contributed by atoms with E-state index in [0.29, 0.717) is 41.2 Å². The molecule has 2 aliphatic carbocycles. The van der Waals surface area contributed by atoms with Gasteiger partial charge in [0.1, 0.15) is 18.1 Å². The Balaban J connectivity index is 1.38. The molecular weight excluding hydrogens is 572 g/mol. The van der Waals surface area contributed by atoms with Crippen molar-refractivity contribution in [2.45, 2.75) is 83.0 Å². The van der Waals surface area contributed by atoms with Crippen LogP contribution in [-0.4, -0.2) is 37.9 Å². The Bertz CT molecular complexity index is 1490. The summed E-state index contributed by atoms with van der Waals surface area (Å²) in [6, 6.07) is 11.1. The van der Waals surface area contributed by atoms with Crippen molar-refractivity contribution in [3.05, 3.63) is 58.1 Å². The number of anilines is 1. The number of hydrogen-bond donors (Lipinski definition) is 1. The number of carbonyl (C=O) groups is 2. The van der Waals surface area contributed by atoms with E-state index in [0.717, 1.165) is 75.7 Å². The van der Waals surface area contributed by atoms with Crippen LogP contribution in [0.25, 0.3) is 0 Å². The highest BCUT2D eigenvalue weighted by molar-refractivity contribution is 7.91. The smallest absolute Gasteiger partial charge is 0.264 e. The van der Waals surface area contributed by atoms with E-state index < -0.39 is 20.7 Å². The van der Waals surface area contributed by atoms with E-state index in [1.54, 1.807) is 32.0 Å². The number of nitrogens with one attached hydrogen (secondary N) is 1. The quantitative estimate of drug-likeness (QED) is 0.405. The van der Waals surface area contributed by atoms with E-state index in [-0.39, 0.29) is 17.6 Å². The van der Waals surface area contributed by atoms with Gasteiger partial charge in [-0.2, -0.15) is 0 Å². The van der Waals surface area contributed by atoms with E-state index >= 15 is 0 Å². The molecule has 2 aromatic rings. The summed E-state index contributed by atoms with van der Waals surface area (Å²) in [6.07, 6.45) is 7.82. The summed E-state index contributed by atoms with van der Waals surface area (Å²) in [5.74, 6) is 0.993. The van der Waals surface area contributed by atoms with Gasteiger partial charge < -0.3 is 9.64 Å². The number of rotatable bonds is 1. The summed E-state index contributed by atoms with van der Waals surface area (Å²) < 4.78 is 34.6. The van der Waals surface area contributed by atoms with E-state index in [9.17, 15) is 18.0 Å². The van der Waals surface area contributed by atoms with Crippen molar-refractivity contribution in [3.63, 3.8) is 0 Å². The van der Waals surface area contributed by atoms with Crippen LogP contribution in [0, 0.1) is 23.7 Å². The number of ketones is 1. The number of benzene rings is 2. The van der Waals surface area contributed by atoms with Crippen LogP contribution in [0.1, 0.15) is 86.7 Å². The lowest BCUT2D eigenvalue weighted by Gasteiger charge is -2.44. The predicted molar refractivity (Wildman–Crippen MR) is 165 cm³/mol. The highest BCUT2D eigenvalue weighted by Gasteiger charge is 2.60. The molecule has 0 aromatic heterocycles. The van der Waals surface area contributed by atoms with Gasteiger partial charge in [0.05, 0.1) is 10.4 Å². The first-order valence-corrected chi connectivity index (χ1v) is 17.3. The molecular formula is C33H41ClN2O5S. The van der Waals surface area contributed by atoms with E-state index in [4.69, 9.17) is 16.3 Å². The number of nitrogens with zero attached hydrogens (tertiary/aromatic N) is 1. The second kappa shape index (κ2) is 11.5. The van der Waals surface area contributed by atoms with Gasteiger partial charge in [-0.1, -0.05) is 24.1 Å². The first-order valence-electron chi connectivity index (χ1n) is 15.4. The minimum Gasteiger partial charge on any atom is -0.487 e. The Morgan fingerprint density at radius 1 is 1.05 bits per heavy atom. The molecule has 0 radical (unpaired) electrons. The van der Waals surface area contributed by atoms with Crippen molar-refractivity contribution in [3.8, 4) is 5.75 Å². The third-order valence-corrected chi connectivity index (χ3v) is 12.9. The average Bonchev–Trinajstić information content (AvgIpc) is 3.61. The fraction of sp³-hybridized carbons (Fsp3) is 0.576. The summed E-state index contributed by atoms with van der Waals surface area (Å²) in [5, 5.41) is 0.711. The Hall–Kier alpha value is -2.58. The summed E-state index contributed by atoms with van der Waals surface area (Å²) in [4.78, 5) is 28.5. The van der Waals surface area contributed by atoms with Gasteiger partial charge in [0, 0.05) is 29.6 Å². The van der Waals surface area contributed by atoms with Crippen LogP contribution < -0.4 is 14.4 Å². The van der Waals surface area contributed by atoms with E-state index in [1.807, 2.05) is 18.2 Å². The van der Waals surface area contributed by atoms with Crippen LogP contribution in [0.3, 0.4) is 0 Å². The summed E-state index contributed by atoms with van der Waals surface area (Å²) in [5.41, 5.74) is 3.36. The molecule has 9 heteroatoms. The lowest BCUT2D eigenvalue weighted by atomic mass is 9.64. The van der Waals surface area contributed by atoms with Crippen molar-refractivity contribution < 1.29 is 22.7 Å². The van der Waals surface area contributed by atoms with Crippen LogP contribution in [0.15, 0.2) is 36.4 Å². The molecule has 0 saturated heterocycles. The van der Waals surface area contributed by atoms with Crippen molar-refractivity contribution >= 4 is 39.0 Å². The molecule has 1 amide bonds. The zero-order valence-corrected chi connectivity index (χ0v) is 26.1. The fourth-order valence-electron chi connectivity index (χ4n) is 7.48. The zero-order chi connectivity index (χ0) is 29.6. The van der Waals surface area contributed by atoms with Gasteiger partial charge >= 0.3 is 0 Å². The normalized spacial score (nSPS) is 31.0. The molecule has 2 fully saturated rings. The Morgan fingerprint density at radius 2 is 1.88 bits per heavy atom. The highest BCUT2D eigenvalue weighted by atomic mass is 35.5. The number of sulfonamides is 1. The third-order valence-electron chi connectivity index (χ3n) is 10.5. The molecule has 1 N–H and O–H groups in total. The molecule has 4 aliphatic rings. The number of halogens is 1. The minimum atomic E-state index is -3.87. The number of hydrogen-bond acceptors (Lipinski definition) is 6. The molecule has 0 spiro atoms. The summed E-state index contributed by atoms with van der Waals surface area (Å²) in [7, 11) is -3.87. The van der Waals surface area contributed by atoms with Gasteiger partial charge in [0.25, 0.3) is 5.91 Å². The van der Waals surface area contributed by atoms with Gasteiger partial charge in [-0.3, -0.25) is 9.59 Å². The SMILES string of the molecule is CC(=O)[C@@H]1CCC[C@@H]2C[C@@]2(C)S(=O)(=O)NC(=O)c2ccc3c(c2)N(CCCCc2cc(Cl)ccc2CO3)C[C@@H]2CC[C@H]21. The number of carbonyl (C=O) groups excluding carboxylic acids is 2. The predicted octanol–water partition coefficient (Wildman–Crippen LogP) is 6.32. The van der Waals surface area contributed by atoms with Crippen LogP contribution in [0.5, 0.6) is 5.75 Å². The van der Waals surface area contributed by atoms with Crippen LogP contribution in [0.4, 0.5) is 5.69 Å². The molecule has 2 saturated carbocycles. The molecule has 226 valence electrons. The lowest BCUT2D eigenvalue weighted by molar-refractivity contribution is -0.125. The average molecular weight is 613 g/mol. The lowest BCUT2D eigenvalue weighted by Crippen LogP contribution is -2.43. The molecule has 7 nitrogen and oxygen atoms in total. The van der Waals surface area contributed by atoms with Gasteiger partial charge in [-0.25, -0.2) is 13.1 Å². The maximum absolute atomic E-state index is 13.4. The second-order valence-electron chi connectivity index (χ2n) is 13.1. The van der Waals surface area contributed by atoms with Crippen molar-refractivity contribution in [2.75, 3.05) is 18.0 Å². The molecule has 2 aliphatic heterocycles. The van der Waals surface area contributed by atoms with Gasteiger partial charge in [0.15, 0.2) is 0 Å². The van der Waals surface area contributed by atoms with Crippen LogP contribution in [0.2, 0.25) is 5.02 Å². The van der Waals surface area contributed by atoms with Gasteiger partial charge in [0.2, 0.25) is 10.0 Å². The number of Topliss-reactive ketones (excluding diaryl/α,β-unsaturated/α-hetero) is 1. The zero-order valence-electron chi connectivity index (χ0n) is 24.5. The number of ether oxygens (including phenoxy) is 1. The van der Waals surface area contributed by atoms with E-state index in [2.05, 4.69) is 9.62 Å². The van der Waals surface area contributed by atoms with Gasteiger partial charge in [-0.15, -0.1) is 0 Å². The van der Waals surface area contributed by atoms with E-state index in [1.165, 1.54) is 5.56 Å². The molecule has 6 rings (SSSR count). The Morgan fingerprint density at radius 3 is 2.64 bits per heavy atom. The van der Waals surface area contributed by atoms with Crippen molar-refractivity contribution in [1.82, 2.24) is 4.72 Å². The number of amides is 1. The first kappa shape index (κ1) is 29.5. The minimum absolute atomic E-state index is 0.00297. The van der Waals surface area contributed by atoms with Crippen molar-refractivity contribution in [2.24, 2.45) is 23.7 Å². The maximum atomic E-state index is 13.4. The summed E-state index contributed by atoms with van der Waals surface area (Å²) >= 11 is 6.32. The standard InChI is InChI=1S/C33H41ClN2O5S/c1-21(37)28-8-5-7-26-18-33(26,2)42(39,40)35-32(38)23-11-14-31-30(17-23)36(19-24-10-13-29(24)28)15-4-3-6-22-16-27(34)12-9-25(22)20-41-31/h9,11-12,14,16-17,24,26,28-29H,3-8,10,13,15,18-20H2,1-2H3,(H,35,38)/t24-,26+,28-,29+,33+/m0/s1. The highest BCUT2D eigenvalue weighted by Crippen LogP contribution is 2.53. The third kappa shape index (κ3) is 5.69.